The van der Waals surface area contributed by atoms with E-state index in [0.29, 0.717) is 38.0 Å². The molecule has 1 saturated heterocycles. The average molecular weight is 408 g/mol. The number of carbonyl (C=O) groups excluding carboxylic acids is 3. The molecule has 0 aromatic carbocycles. The minimum absolute atomic E-state index is 0.0167. The third kappa shape index (κ3) is 5.50. The van der Waals surface area contributed by atoms with Crippen LogP contribution in [0.2, 0.25) is 0 Å². The molecule has 3 fully saturated rings. The van der Waals surface area contributed by atoms with Crippen LogP contribution in [0.25, 0.3) is 0 Å². The third-order valence-corrected chi connectivity index (χ3v) is 6.47. The fourth-order valence-corrected chi connectivity index (χ4v) is 5.63. The molecule has 29 heavy (non-hydrogen) atoms. The maximum atomic E-state index is 13.1. The van der Waals surface area contributed by atoms with Gasteiger partial charge in [-0.3, -0.25) is 14.5 Å². The van der Waals surface area contributed by atoms with Gasteiger partial charge in [-0.05, 0) is 49.9 Å². The van der Waals surface area contributed by atoms with E-state index in [-0.39, 0.29) is 23.8 Å². The van der Waals surface area contributed by atoms with Gasteiger partial charge in [-0.1, -0.05) is 40.0 Å². The molecule has 3 rings (SSSR count). The highest BCUT2D eigenvalue weighted by Crippen LogP contribution is 2.46. The quantitative estimate of drug-likeness (QED) is 0.502. The van der Waals surface area contributed by atoms with Gasteiger partial charge >= 0.3 is 6.03 Å². The summed E-state index contributed by atoms with van der Waals surface area (Å²) in [6, 6.07) is -0.448. The molecule has 2 aliphatic carbocycles. The maximum absolute atomic E-state index is 13.1. The van der Waals surface area contributed by atoms with E-state index in [1.165, 1.54) is 19.3 Å². The predicted octanol–water partition coefficient (Wildman–Crippen LogP) is 2.98. The maximum Gasteiger partial charge on any atom is 0.325 e. The first-order valence-corrected chi connectivity index (χ1v) is 11.2. The van der Waals surface area contributed by atoms with Crippen LogP contribution in [-0.4, -0.2) is 54.1 Å². The van der Waals surface area contributed by atoms with Crippen LogP contribution in [0.5, 0.6) is 0 Å². The smallest absolute Gasteiger partial charge is 0.325 e. The van der Waals surface area contributed by atoms with Crippen LogP contribution in [0.1, 0.15) is 78.6 Å². The van der Waals surface area contributed by atoms with Crippen molar-refractivity contribution in [2.24, 2.45) is 11.3 Å². The highest BCUT2D eigenvalue weighted by atomic mass is 16.5. The average Bonchev–Trinajstić information content (AvgIpc) is 2.84. The minimum atomic E-state index is -0.855. The Labute approximate surface area is 174 Å². The number of amides is 4. The van der Waals surface area contributed by atoms with Crippen LogP contribution < -0.4 is 10.6 Å². The summed E-state index contributed by atoms with van der Waals surface area (Å²) in [6.45, 7) is 7.29. The van der Waals surface area contributed by atoms with Gasteiger partial charge in [0.2, 0.25) is 5.91 Å². The van der Waals surface area contributed by atoms with Gasteiger partial charge in [-0.15, -0.1) is 0 Å². The second kappa shape index (κ2) is 9.02. The monoisotopic (exact) mass is 407 g/mol. The number of ether oxygens (including phenoxy) is 1. The van der Waals surface area contributed by atoms with Gasteiger partial charge in [-0.2, -0.15) is 0 Å². The number of nitrogens with one attached hydrogen (secondary N) is 2. The molecule has 0 aromatic rings. The second-order valence-electron chi connectivity index (χ2n) is 10.1. The van der Waals surface area contributed by atoms with Gasteiger partial charge in [-0.25, -0.2) is 4.79 Å². The van der Waals surface area contributed by atoms with Crippen molar-refractivity contribution < 1.29 is 19.1 Å². The van der Waals surface area contributed by atoms with Crippen molar-refractivity contribution in [3.63, 3.8) is 0 Å². The van der Waals surface area contributed by atoms with Crippen molar-refractivity contribution in [3.05, 3.63) is 0 Å². The lowest BCUT2D eigenvalue weighted by atomic mass is 9.64. The van der Waals surface area contributed by atoms with Gasteiger partial charge in [0.25, 0.3) is 5.91 Å². The van der Waals surface area contributed by atoms with E-state index in [1.807, 2.05) is 0 Å². The number of urea groups is 1. The molecule has 1 heterocycles. The van der Waals surface area contributed by atoms with Crippen LogP contribution in [0, 0.1) is 11.3 Å². The zero-order valence-corrected chi connectivity index (χ0v) is 18.2. The summed E-state index contributed by atoms with van der Waals surface area (Å²) in [6.07, 6.45) is 9.43. The van der Waals surface area contributed by atoms with Crippen molar-refractivity contribution in [2.75, 3.05) is 19.7 Å². The molecular weight excluding hydrogens is 370 g/mol. The molecule has 4 amide bonds. The summed E-state index contributed by atoms with van der Waals surface area (Å²) >= 11 is 0. The summed E-state index contributed by atoms with van der Waals surface area (Å²) in [7, 11) is 0. The van der Waals surface area contributed by atoms with E-state index in [2.05, 4.69) is 31.4 Å². The second-order valence-corrected chi connectivity index (χ2v) is 10.1. The fraction of sp³-hybridized carbons (Fsp3) is 0.864. The molecule has 0 unspecified atom stereocenters. The van der Waals surface area contributed by atoms with Gasteiger partial charge in [0.15, 0.2) is 0 Å². The largest absolute Gasteiger partial charge is 0.378 e. The molecule has 7 heteroatoms. The Balaban J connectivity index is 1.43. The molecule has 1 aliphatic heterocycles. The molecule has 7 nitrogen and oxygen atoms in total. The molecule has 2 N–H and O–H groups in total. The normalized spacial score (nSPS) is 29.9. The van der Waals surface area contributed by atoms with Crippen LogP contribution >= 0.6 is 0 Å². The Morgan fingerprint density at radius 3 is 2.62 bits per heavy atom. The molecule has 3 aliphatic rings. The lowest BCUT2D eigenvalue weighted by molar-refractivity contribution is -0.137. The lowest BCUT2D eigenvalue weighted by Gasteiger charge is -2.43. The number of carbonyl (C=O) groups is 3. The van der Waals surface area contributed by atoms with Crippen LogP contribution in [0.15, 0.2) is 0 Å². The first-order chi connectivity index (χ1) is 13.7. The number of nitrogens with zero attached hydrogens (tertiary/aromatic N) is 1. The van der Waals surface area contributed by atoms with Crippen molar-refractivity contribution in [2.45, 2.75) is 90.2 Å². The summed E-state index contributed by atoms with van der Waals surface area (Å²) in [5.41, 5.74) is -0.871. The summed E-state index contributed by atoms with van der Waals surface area (Å²) < 4.78 is 5.86. The Bertz CT molecular complexity index is 630. The van der Waals surface area contributed by atoms with Crippen LogP contribution in [0.4, 0.5) is 4.79 Å². The van der Waals surface area contributed by atoms with Gasteiger partial charge in [0.05, 0.1) is 6.10 Å². The molecule has 164 valence electrons. The van der Waals surface area contributed by atoms with Crippen LogP contribution in [-0.2, 0) is 14.3 Å². The van der Waals surface area contributed by atoms with Gasteiger partial charge in [0, 0.05) is 13.2 Å². The van der Waals surface area contributed by atoms with Gasteiger partial charge in [0.1, 0.15) is 12.1 Å². The van der Waals surface area contributed by atoms with E-state index >= 15 is 0 Å². The SMILES string of the molecule is C[C@H]1CC(C)(C)C[C@]2(C1)NC(=O)N(CC(=O)NCCCOC1CCCCC1)C2=O. The van der Waals surface area contributed by atoms with E-state index in [9.17, 15) is 14.4 Å². The van der Waals surface area contributed by atoms with E-state index < -0.39 is 11.6 Å². The van der Waals surface area contributed by atoms with Crippen molar-refractivity contribution >= 4 is 17.8 Å². The van der Waals surface area contributed by atoms with Crippen molar-refractivity contribution in [3.8, 4) is 0 Å². The number of rotatable bonds is 7. The number of hydrogen-bond acceptors (Lipinski definition) is 4. The molecular formula is C22H37N3O4. The number of hydrogen-bond donors (Lipinski definition) is 2. The predicted molar refractivity (Wildman–Crippen MR) is 110 cm³/mol. The van der Waals surface area contributed by atoms with Gasteiger partial charge < -0.3 is 15.4 Å². The topological polar surface area (TPSA) is 87.7 Å². The zero-order valence-electron chi connectivity index (χ0n) is 18.2. The third-order valence-electron chi connectivity index (χ3n) is 6.47. The summed E-state index contributed by atoms with van der Waals surface area (Å²) in [5, 5.41) is 5.72. The molecule has 2 saturated carbocycles. The zero-order chi connectivity index (χ0) is 21.1. The number of imide groups is 1. The molecule has 0 bridgehead atoms. The minimum Gasteiger partial charge on any atom is -0.378 e. The Morgan fingerprint density at radius 1 is 1.21 bits per heavy atom. The first-order valence-electron chi connectivity index (χ1n) is 11.2. The Hall–Kier alpha value is -1.63. The Kier molecular flexibility index (Phi) is 6.87. The molecule has 2 atom stereocenters. The van der Waals surface area contributed by atoms with Crippen molar-refractivity contribution in [1.29, 1.82) is 0 Å². The molecule has 0 aromatic heterocycles. The fourth-order valence-electron chi connectivity index (χ4n) is 5.63. The van der Waals surface area contributed by atoms with Crippen molar-refractivity contribution in [1.82, 2.24) is 15.5 Å². The molecule has 0 radical (unpaired) electrons. The highest BCUT2D eigenvalue weighted by molar-refractivity contribution is 6.09. The summed E-state index contributed by atoms with van der Waals surface area (Å²) in [5.74, 6) is -0.204. The van der Waals surface area contributed by atoms with E-state index in [0.717, 1.165) is 30.6 Å². The first kappa shape index (κ1) is 22.1. The lowest BCUT2D eigenvalue weighted by Crippen LogP contribution is -2.54. The Morgan fingerprint density at radius 2 is 1.93 bits per heavy atom. The molecule has 1 spiro atoms. The van der Waals surface area contributed by atoms with E-state index in [1.54, 1.807) is 0 Å². The highest BCUT2D eigenvalue weighted by Gasteiger charge is 2.56. The van der Waals surface area contributed by atoms with E-state index in [4.69, 9.17) is 4.74 Å². The standard InChI is InChI=1S/C22H37N3O4/c1-16-12-21(2,3)15-22(13-16)19(27)25(20(28)24-22)14-18(26)23-10-7-11-29-17-8-5-4-6-9-17/h16-17H,4-15H2,1-3H3,(H,23,26)(H,24,28)/t16-,22-/m0/s1. The van der Waals surface area contributed by atoms with Crippen LogP contribution in [0.3, 0.4) is 0 Å². The summed E-state index contributed by atoms with van der Waals surface area (Å²) in [4.78, 5) is 38.9.